The number of benzene rings is 1. The predicted molar refractivity (Wildman–Crippen MR) is 72.5 cm³/mol. The zero-order valence-corrected chi connectivity index (χ0v) is 10.7. The van der Waals surface area contributed by atoms with E-state index in [2.05, 4.69) is 15.5 Å². The number of aromatic nitrogens is 2. The number of carbonyl (C=O) groups excluding carboxylic acids is 1. The summed E-state index contributed by atoms with van der Waals surface area (Å²) in [5, 5.41) is 20.4. The number of nitrogens with two attached hydrogens (primary N) is 1. The molecule has 2 rings (SSSR count). The summed E-state index contributed by atoms with van der Waals surface area (Å²) in [5.41, 5.74) is 5.30. The number of anilines is 2. The maximum absolute atomic E-state index is 11.9. The van der Waals surface area contributed by atoms with E-state index in [9.17, 15) is 14.9 Å². The zero-order chi connectivity index (χ0) is 14.7. The number of hydrogen-bond acceptors (Lipinski definition) is 6. The van der Waals surface area contributed by atoms with E-state index in [0.29, 0.717) is 0 Å². The van der Waals surface area contributed by atoms with Gasteiger partial charge in [-0.25, -0.2) is 0 Å². The lowest BCUT2D eigenvalue weighted by Gasteiger charge is -2.06. The number of rotatable bonds is 3. The van der Waals surface area contributed by atoms with Gasteiger partial charge in [0.25, 0.3) is 11.6 Å². The van der Waals surface area contributed by atoms with Crippen LogP contribution in [0.3, 0.4) is 0 Å². The fourth-order valence-corrected chi connectivity index (χ4v) is 1.54. The molecule has 0 radical (unpaired) electrons. The topological polar surface area (TPSA) is 124 Å². The number of nitrogens with one attached hydrogen (secondary N) is 1. The number of nitrogens with zero attached hydrogens (tertiary/aromatic N) is 3. The molecule has 0 aliphatic rings. The van der Waals surface area contributed by atoms with Gasteiger partial charge in [-0.1, -0.05) is 11.6 Å². The highest BCUT2D eigenvalue weighted by Crippen LogP contribution is 2.26. The van der Waals surface area contributed by atoms with Gasteiger partial charge in [0.1, 0.15) is 5.82 Å². The summed E-state index contributed by atoms with van der Waals surface area (Å²) >= 11 is 5.86. The highest BCUT2D eigenvalue weighted by atomic mass is 35.5. The Morgan fingerprint density at radius 1 is 1.30 bits per heavy atom. The minimum absolute atomic E-state index is 0.0155. The Hall–Kier alpha value is -2.74. The van der Waals surface area contributed by atoms with Crippen molar-refractivity contribution in [2.75, 3.05) is 11.1 Å². The summed E-state index contributed by atoms with van der Waals surface area (Å²) < 4.78 is 0. The molecule has 1 amide bonds. The van der Waals surface area contributed by atoms with Gasteiger partial charge in [-0.05, 0) is 18.2 Å². The van der Waals surface area contributed by atoms with E-state index < -0.39 is 10.8 Å². The molecular formula is C11H8ClN5O3. The standard InChI is InChI=1S/C11H8ClN5O3/c12-7-2-1-6(17(19)20)5-9(7)14-11(18)8-3-4-10(13)16-15-8/h1-5H,(H2,13,16)(H,14,18). The molecule has 0 saturated carbocycles. The number of non-ortho nitro benzene ring substituents is 1. The SMILES string of the molecule is Nc1ccc(C(=O)Nc2cc([N+](=O)[O-])ccc2Cl)nn1. The third kappa shape index (κ3) is 2.98. The van der Waals surface area contributed by atoms with Crippen LogP contribution in [0.15, 0.2) is 30.3 Å². The van der Waals surface area contributed by atoms with Crippen LogP contribution in [-0.2, 0) is 0 Å². The van der Waals surface area contributed by atoms with Gasteiger partial charge in [-0.2, -0.15) is 0 Å². The lowest BCUT2D eigenvalue weighted by atomic mass is 10.2. The highest BCUT2D eigenvalue weighted by Gasteiger charge is 2.14. The summed E-state index contributed by atoms with van der Waals surface area (Å²) in [5.74, 6) is -0.421. The molecule has 0 aliphatic heterocycles. The molecule has 3 N–H and O–H groups in total. The first-order chi connectivity index (χ1) is 9.47. The van der Waals surface area contributed by atoms with Crippen molar-refractivity contribution in [3.05, 3.63) is 51.2 Å². The van der Waals surface area contributed by atoms with Crippen molar-refractivity contribution in [1.82, 2.24) is 10.2 Å². The molecule has 1 heterocycles. The molecule has 0 bridgehead atoms. The molecule has 1 aromatic heterocycles. The van der Waals surface area contributed by atoms with Crippen LogP contribution in [0.5, 0.6) is 0 Å². The van der Waals surface area contributed by atoms with E-state index in [1.807, 2.05) is 0 Å². The third-order valence-electron chi connectivity index (χ3n) is 2.33. The summed E-state index contributed by atoms with van der Waals surface area (Å²) in [6, 6.07) is 6.51. The van der Waals surface area contributed by atoms with Crippen LogP contribution in [0.2, 0.25) is 5.02 Å². The van der Waals surface area contributed by atoms with Gasteiger partial charge in [0, 0.05) is 12.1 Å². The quantitative estimate of drug-likeness (QED) is 0.657. The van der Waals surface area contributed by atoms with Crippen molar-refractivity contribution >= 4 is 34.7 Å². The normalized spacial score (nSPS) is 10.1. The largest absolute Gasteiger partial charge is 0.382 e. The van der Waals surface area contributed by atoms with E-state index >= 15 is 0 Å². The Balaban J connectivity index is 2.25. The van der Waals surface area contributed by atoms with Crippen LogP contribution in [0.4, 0.5) is 17.2 Å². The Morgan fingerprint density at radius 3 is 2.65 bits per heavy atom. The van der Waals surface area contributed by atoms with E-state index in [0.717, 1.165) is 6.07 Å². The maximum Gasteiger partial charge on any atom is 0.276 e. The molecule has 102 valence electrons. The summed E-state index contributed by atoms with van der Waals surface area (Å²) in [6.45, 7) is 0. The Kier molecular flexibility index (Phi) is 3.76. The van der Waals surface area contributed by atoms with Crippen LogP contribution in [0.1, 0.15) is 10.5 Å². The van der Waals surface area contributed by atoms with Crippen molar-refractivity contribution in [2.24, 2.45) is 0 Å². The van der Waals surface area contributed by atoms with Crippen LogP contribution >= 0.6 is 11.6 Å². The average Bonchev–Trinajstić information content (AvgIpc) is 2.41. The summed E-state index contributed by atoms with van der Waals surface area (Å²) in [4.78, 5) is 22.0. The predicted octanol–water partition coefficient (Wildman–Crippen LogP) is 1.87. The second kappa shape index (κ2) is 5.49. The van der Waals surface area contributed by atoms with E-state index in [-0.39, 0.29) is 27.9 Å². The van der Waals surface area contributed by atoms with E-state index in [4.69, 9.17) is 17.3 Å². The van der Waals surface area contributed by atoms with Crippen LogP contribution in [0.25, 0.3) is 0 Å². The van der Waals surface area contributed by atoms with Gasteiger partial charge in [0.15, 0.2) is 5.69 Å². The molecule has 0 spiro atoms. The number of hydrogen-bond donors (Lipinski definition) is 2. The monoisotopic (exact) mass is 293 g/mol. The van der Waals surface area contributed by atoms with Crippen molar-refractivity contribution in [3.8, 4) is 0 Å². The molecule has 2 aromatic rings. The second-order valence-corrected chi connectivity index (χ2v) is 4.13. The number of halogens is 1. The van der Waals surface area contributed by atoms with Crippen molar-refractivity contribution in [2.45, 2.75) is 0 Å². The molecule has 9 heteroatoms. The molecule has 0 aliphatic carbocycles. The van der Waals surface area contributed by atoms with Gasteiger partial charge < -0.3 is 11.1 Å². The fourth-order valence-electron chi connectivity index (χ4n) is 1.37. The highest BCUT2D eigenvalue weighted by molar-refractivity contribution is 6.34. The molecule has 0 unspecified atom stereocenters. The number of amides is 1. The molecule has 1 aromatic carbocycles. The van der Waals surface area contributed by atoms with E-state index in [1.165, 1.54) is 24.3 Å². The molecule has 8 nitrogen and oxygen atoms in total. The van der Waals surface area contributed by atoms with E-state index in [1.54, 1.807) is 0 Å². The molecule has 20 heavy (non-hydrogen) atoms. The first-order valence-corrected chi connectivity index (χ1v) is 5.69. The molecule has 0 saturated heterocycles. The summed E-state index contributed by atoms with van der Waals surface area (Å²) in [7, 11) is 0. The lowest BCUT2D eigenvalue weighted by Crippen LogP contribution is -2.15. The van der Waals surface area contributed by atoms with Gasteiger partial charge in [-0.15, -0.1) is 10.2 Å². The molecular weight excluding hydrogens is 286 g/mol. The lowest BCUT2D eigenvalue weighted by molar-refractivity contribution is -0.384. The van der Waals surface area contributed by atoms with Gasteiger partial charge in [0.05, 0.1) is 15.6 Å². The van der Waals surface area contributed by atoms with Crippen LogP contribution in [-0.4, -0.2) is 21.0 Å². The minimum atomic E-state index is -0.597. The van der Waals surface area contributed by atoms with Crippen molar-refractivity contribution < 1.29 is 9.72 Å². The average molecular weight is 294 g/mol. The molecule has 0 fully saturated rings. The Bertz CT molecular complexity index is 674. The third-order valence-corrected chi connectivity index (χ3v) is 2.66. The second-order valence-electron chi connectivity index (χ2n) is 3.72. The Labute approximate surface area is 117 Å². The van der Waals surface area contributed by atoms with Crippen LogP contribution in [0, 0.1) is 10.1 Å². The number of carbonyl (C=O) groups is 1. The minimum Gasteiger partial charge on any atom is -0.382 e. The molecule has 0 atom stereocenters. The van der Waals surface area contributed by atoms with Gasteiger partial charge in [0.2, 0.25) is 0 Å². The number of nitro benzene ring substituents is 1. The summed E-state index contributed by atoms with van der Waals surface area (Å²) in [6.07, 6.45) is 0. The number of nitrogen functional groups attached to an aromatic ring is 1. The maximum atomic E-state index is 11.9. The smallest absolute Gasteiger partial charge is 0.276 e. The first-order valence-electron chi connectivity index (χ1n) is 5.32. The van der Waals surface area contributed by atoms with Crippen molar-refractivity contribution in [3.63, 3.8) is 0 Å². The van der Waals surface area contributed by atoms with Crippen molar-refractivity contribution in [1.29, 1.82) is 0 Å². The van der Waals surface area contributed by atoms with Crippen LogP contribution < -0.4 is 11.1 Å². The van der Waals surface area contributed by atoms with Gasteiger partial charge >= 0.3 is 0 Å². The fraction of sp³-hybridized carbons (Fsp3) is 0. The zero-order valence-electron chi connectivity index (χ0n) is 9.91. The Morgan fingerprint density at radius 2 is 2.05 bits per heavy atom. The number of nitro groups is 1. The van der Waals surface area contributed by atoms with Gasteiger partial charge in [-0.3, -0.25) is 14.9 Å². The first kappa shape index (κ1) is 13.7.